The zero-order valence-corrected chi connectivity index (χ0v) is 12.5. The Morgan fingerprint density at radius 2 is 2.00 bits per heavy atom. The largest absolute Gasteiger partial charge is 0.481 e. The number of hydrogen-bond acceptors (Lipinski definition) is 4. The number of hydrazine groups is 1. The van der Waals surface area contributed by atoms with E-state index < -0.39 is 17.9 Å². The van der Waals surface area contributed by atoms with E-state index in [1.54, 1.807) is 43.3 Å². The lowest BCUT2D eigenvalue weighted by Crippen LogP contribution is -2.47. The highest BCUT2D eigenvalue weighted by Crippen LogP contribution is 2.18. The molecule has 0 radical (unpaired) electrons. The first kappa shape index (κ1) is 15.8. The average Bonchev–Trinajstić information content (AvgIpc) is 2.53. The quantitative estimate of drug-likeness (QED) is 0.844. The van der Waals surface area contributed by atoms with Crippen molar-refractivity contribution < 1.29 is 14.3 Å². The van der Waals surface area contributed by atoms with Gasteiger partial charge >= 0.3 is 0 Å². The maximum atomic E-state index is 11.9. The van der Waals surface area contributed by atoms with Crippen LogP contribution in [0.1, 0.15) is 17.4 Å². The van der Waals surface area contributed by atoms with Crippen LogP contribution in [0.2, 0.25) is 5.02 Å². The van der Waals surface area contributed by atoms with Crippen LogP contribution in [-0.2, 0) is 4.79 Å². The van der Waals surface area contributed by atoms with E-state index in [-0.39, 0.29) is 5.69 Å². The van der Waals surface area contributed by atoms with Crippen molar-refractivity contribution in [2.24, 2.45) is 0 Å². The average molecular weight is 320 g/mol. The summed E-state index contributed by atoms with van der Waals surface area (Å²) in [7, 11) is 0. The Morgan fingerprint density at radius 1 is 1.18 bits per heavy atom. The molecule has 0 saturated carbocycles. The Bertz CT molecular complexity index is 664. The fourth-order valence-corrected chi connectivity index (χ4v) is 1.76. The summed E-state index contributed by atoms with van der Waals surface area (Å²) in [6.07, 6.45) is 0.684. The van der Waals surface area contributed by atoms with Gasteiger partial charge in [0.1, 0.15) is 11.4 Å². The van der Waals surface area contributed by atoms with Crippen molar-refractivity contribution >= 4 is 23.4 Å². The number of ether oxygens (including phenoxy) is 1. The molecule has 6 nitrogen and oxygen atoms in total. The summed E-state index contributed by atoms with van der Waals surface area (Å²) in [6.45, 7) is 1.56. The first-order valence-corrected chi connectivity index (χ1v) is 6.87. The minimum atomic E-state index is -0.803. The monoisotopic (exact) mass is 319 g/mol. The number of pyridine rings is 1. The molecule has 1 aromatic carbocycles. The van der Waals surface area contributed by atoms with E-state index in [1.807, 2.05) is 0 Å². The van der Waals surface area contributed by atoms with Crippen LogP contribution in [0.3, 0.4) is 0 Å². The van der Waals surface area contributed by atoms with Gasteiger partial charge < -0.3 is 4.74 Å². The molecule has 2 amide bonds. The molecule has 7 heteroatoms. The summed E-state index contributed by atoms with van der Waals surface area (Å²) in [5.74, 6) is -0.542. The lowest BCUT2D eigenvalue weighted by atomic mass is 10.3. The van der Waals surface area contributed by atoms with E-state index in [9.17, 15) is 9.59 Å². The molecule has 0 fully saturated rings. The number of rotatable bonds is 4. The molecular formula is C15H14ClN3O3. The summed E-state index contributed by atoms with van der Waals surface area (Å²) < 4.78 is 5.43. The smallest absolute Gasteiger partial charge is 0.288 e. The minimum Gasteiger partial charge on any atom is -0.481 e. The third kappa shape index (κ3) is 4.46. The summed E-state index contributed by atoms with van der Waals surface area (Å²) in [4.78, 5) is 27.5. The van der Waals surface area contributed by atoms with Crippen LogP contribution < -0.4 is 15.6 Å². The fraction of sp³-hybridized carbons (Fsp3) is 0.133. The minimum absolute atomic E-state index is 0.200. The SMILES string of the molecule is C[C@H](Oc1cccc(Cl)c1)C(=O)NNC(=O)c1ccccn1. The molecule has 22 heavy (non-hydrogen) atoms. The molecule has 2 aromatic rings. The Morgan fingerprint density at radius 3 is 2.68 bits per heavy atom. The number of carbonyl (C=O) groups excluding carboxylic acids is 2. The predicted molar refractivity (Wildman–Crippen MR) is 81.4 cm³/mol. The maximum Gasteiger partial charge on any atom is 0.288 e. The summed E-state index contributed by atoms with van der Waals surface area (Å²) in [5.41, 5.74) is 4.75. The third-order valence-electron chi connectivity index (χ3n) is 2.67. The molecule has 0 saturated heterocycles. The van der Waals surface area contributed by atoms with Gasteiger partial charge in [0, 0.05) is 11.2 Å². The molecule has 0 aliphatic rings. The Balaban J connectivity index is 1.85. The van der Waals surface area contributed by atoms with Crippen molar-refractivity contribution in [1.82, 2.24) is 15.8 Å². The molecule has 0 bridgehead atoms. The second kappa shape index (κ2) is 7.42. The van der Waals surface area contributed by atoms with Crippen molar-refractivity contribution in [3.63, 3.8) is 0 Å². The highest BCUT2D eigenvalue weighted by Gasteiger charge is 2.16. The van der Waals surface area contributed by atoms with Crippen molar-refractivity contribution in [1.29, 1.82) is 0 Å². The van der Waals surface area contributed by atoms with E-state index in [1.165, 1.54) is 12.3 Å². The van der Waals surface area contributed by atoms with Gasteiger partial charge in [-0.05, 0) is 37.3 Å². The summed E-state index contributed by atoms with van der Waals surface area (Å²) in [5, 5.41) is 0.508. The number of nitrogens with zero attached hydrogens (tertiary/aromatic N) is 1. The lowest BCUT2D eigenvalue weighted by molar-refractivity contribution is -0.128. The van der Waals surface area contributed by atoms with Gasteiger partial charge in [-0.2, -0.15) is 0 Å². The fourth-order valence-electron chi connectivity index (χ4n) is 1.58. The zero-order valence-electron chi connectivity index (χ0n) is 11.7. The number of amides is 2. The predicted octanol–water partition coefficient (Wildman–Crippen LogP) is 1.96. The molecule has 0 aliphatic heterocycles. The molecule has 1 heterocycles. The molecule has 1 atom stereocenters. The van der Waals surface area contributed by atoms with Crippen LogP contribution in [0.25, 0.3) is 0 Å². The zero-order chi connectivity index (χ0) is 15.9. The van der Waals surface area contributed by atoms with Crippen molar-refractivity contribution in [2.45, 2.75) is 13.0 Å². The normalized spacial score (nSPS) is 11.4. The topological polar surface area (TPSA) is 80.3 Å². The number of carbonyl (C=O) groups is 2. The highest BCUT2D eigenvalue weighted by molar-refractivity contribution is 6.30. The summed E-state index contributed by atoms with van der Waals surface area (Å²) in [6, 6.07) is 11.6. The van der Waals surface area contributed by atoms with E-state index >= 15 is 0 Å². The standard InChI is InChI=1S/C15H14ClN3O3/c1-10(22-12-6-4-5-11(16)9-12)14(20)18-19-15(21)13-7-2-3-8-17-13/h2-10H,1H3,(H,18,20)(H,19,21)/t10-/m0/s1. The Hall–Kier alpha value is -2.60. The van der Waals surface area contributed by atoms with Gasteiger partial charge in [-0.1, -0.05) is 23.7 Å². The molecule has 1 aromatic heterocycles. The molecule has 2 N–H and O–H groups in total. The van der Waals surface area contributed by atoms with Crippen LogP contribution in [0.5, 0.6) is 5.75 Å². The summed E-state index contributed by atoms with van der Waals surface area (Å²) >= 11 is 5.83. The van der Waals surface area contributed by atoms with Gasteiger partial charge in [0.2, 0.25) is 0 Å². The van der Waals surface area contributed by atoms with E-state index in [2.05, 4.69) is 15.8 Å². The molecule has 0 unspecified atom stereocenters. The number of aromatic nitrogens is 1. The number of nitrogens with one attached hydrogen (secondary N) is 2. The van der Waals surface area contributed by atoms with Crippen molar-refractivity contribution in [2.75, 3.05) is 0 Å². The van der Waals surface area contributed by atoms with Crippen LogP contribution in [0.4, 0.5) is 0 Å². The van der Waals surface area contributed by atoms with E-state index in [0.717, 1.165) is 0 Å². The Kier molecular flexibility index (Phi) is 5.32. The first-order chi connectivity index (χ1) is 10.6. The van der Waals surface area contributed by atoms with Gasteiger partial charge in [0.05, 0.1) is 0 Å². The first-order valence-electron chi connectivity index (χ1n) is 6.49. The maximum absolute atomic E-state index is 11.9. The molecule has 114 valence electrons. The van der Waals surface area contributed by atoms with E-state index in [4.69, 9.17) is 16.3 Å². The van der Waals surface area contributed by atoms with Gasteiger partial charge in [-0.3, -0.25) is 25.4 Å². The third-order valence-corrected chi connectivity index (χ3v) is 2.91. The van der Waals surface area contributed by atoms with Gasteiger partial charge in [0.15, 0.2) is 6.10 Å². The molecule has 0 aliphatic carbocycles. The second-order valence-corrected chi connectivity index (χ2v) is 4.81. The van der Waals surface area contributed by atoms with Crippen molar-refractivity contribution in [3.05, 3.63) is 59.4 Å². The lowest BCUT2D eigenvalue weighted by Gasteiger charge is -2.15. The molecule has 0 spiro atoms. The van der Waals surface area contributed by atoms with Gasteiger partial charge in [-0.15, -0.1) is 0 Å². The van der Waals surface area contributed by atoms with Crippen LogP contribution >= 0.6 is 11.6 Å². The number of halogens is 1. The van der Waals surface area contributed by atoms with E-state index in [0.29, 0.717) is 10.8 Å². The Labute approximate surface area is 132 Å². The van der Waals surface area contributed by atoms with Crippen LogP contribution in [0.15, 0.2) is 48.7 Å². The molecular weight excluding hydrogens is 306 g/mol. The van der Waals surface area contributed by atoms with Gasteiger partial charge in [0.25, 0.3) is 11.8 Å². The van der Waals surface area contributed by atoms with Crippen LogP contribution in [-0.4, -0.2) is 22.9 Å². The molecule has 2 rings (SSSR count). The number of benzene rings is 1. The highest BCUT2D eigenvalue weighted by atomic mass is 35.5. The van der Waals surface area contributed by atoms with Crippen molar-refractivity contribution in [3.8, 4) is 5.75 Å². The number of hydrogen-bond donors (Lipinski definition) is 2. The van der Waals surface area contributed by atoms with Gasteiger partial charge in [-0.25, -0.2) is 0 Å². The van der Waals surface area contributed by atoms with Crippen LogP contribution in [0, 0.1) is 0 Å². The second-order valence-electron chi connectivity index (χ2n) is 4.38.